The average Bonchev–Trinajstić information content (AvgIpc) is 3.04. The maximum Gasteiger partial charge on any atom is 0.326 e. The Morgan fingerprint density at radius 2 is 1.12 bits per heavy atom. The van der Waals surface area contributed by atoms with Crippen molar-refractivity contribution in [2.75, 3.05) is 13.1 Å². The van der Waals surface area contributed by atoms with Gasteiger partial charge in [0, 0.05) is 44.5 Å². The van der Waals surface area contributed by atoms with Crippen molar-refractivity contribution in [3.63, 3.8) is 0 Å². The molecule has 3 amide bonds. The van der Waals surface area contributed by atoms with Gasteiger partial charge in [0.2, 0.25) is 11.8 Å². The van der Waals surface area contributed by atoms with Gasteiger partial charge >= 0.3 is 17.9 Å². The van der Waals surface area contributed by atoms with E-state index in [9.17, 15) is 39.0 Å². The van der Waals surface area contributed by atoms with Crippen LogP contribution in [-0.2, 0) is 30.5 Å². The second-order valence-electron chi connectivity index (χ2n) is 12.4. The van der Waals surface area contributed by atoms with Gasteiger partial charge in [-0.3, -0.25) is 24.0 Å². The van der Waals surface area contributed by atoms with Crippen LogP contribution in [0.1, 0.15) is 145 Å². The second-order valence-corrected chi connectivity index (χ2v) is 12.4. The van der Waals surface area contributed by atoms with E-state index in [0.717, 1.165) is 44.9 Å². The third-order valence-electron chi connectivity index (χ3n) is 8.21. The molecular formula is C36H57N3O9. The fraction of sp³-hybridized carbons (Fsp3) is 0.667. The van der Waals surface area contributed by atoms with E-state index in [4.69, 9.17) is 5.11 Å². The Morgan fingerprint density at radius 3 is 1.58 bits per heavy atom. The maximum atomic E-state index is 13.0. The summed E-state index contributed by atoms with van der Waals surface area (Å²) >= 11 is 0. The normalized spacial score (nSPS) is 11.4. The summed E-state index contributed by atoms with van der Waals surface area (Å²) in [6.45, 7) is 2.46. The minimum atomic E-state index is -1.24. The molecule has 270 valence electrons. The van der Waals surface area contributed by atoms with Crippen LogP contribution in [0.4, 0.5) is 0 Å². The molecule has 1 aromatic carbocycles. The summed E-state index contributed by atoms with van der Waals surface area (Å²) in [6, 6.07) is 5.15. The van der Waals surface area contributed by atoms with E-state index >= 15 is 0 Å². The predicted octanol–water partition coefficient (Wildman–Crippen LogP) is 5.92. The summed E-state index contributed by atoms with van der Waals surface area (Å²) in [4.78, 5) is 72.2. The van der Waals surface area contributed by atoms with E-state index in [1.165, 1.54) is 62.0 Å². The smallest absolute Gasteiger partial charge is 0.326 e. The largest absolute Gasteiger partial charge is 0.481 e. The van der Waals surface area contributed by atoms with Crippen molar-refractivity contribution in [1.82, 2.24) is 15.5 Å². The van der Waals surface area contributed by atoms with Crippen molar-refractivity contribution < 1.29 is 44.1 Å². The Bertz CT molecular complexity index is 1120. The number of hydrogen-bond acceptors (Lipinski definition) is 6. The highest BCUT2D eigenvalue weighted by atomic mass is 16.4. The molecule has 0 aliphatic rings. The molecule has 1 aromatic rings. The topological polar surface area (TPSA) is 190 Å². The lowest BCUT2D eigenvalue weighted by molar-refractivity contribution is -0.140. The highest BCUT2D eigenvalue weighted by Crippen LogP contribution is 2.16. The van der Waals surface area contributed by atoms with Crippen LogP contribution in [0.15, 0.2) is 24.3 Å². The van der Waals surface area contributed by atoms with Gasteiger partial charge in [0.25, 0.3) is 5.91 Å². The van der Waals surface area contributed by atoms with Gasteiger partial charge in [0.15, 0.2) is 0 Å². The number of rotatable bonds is 29. The van der Waals surface area contributed by atoms with Gasteiger partial charge in [0.05, 0.1) is 6.42 Å². The quantitative estimate of drug-likeness (QED) is 0.0642. The summed E-state index contributed by atoms with van der Waals surface area (Å²) < 4.78 is 0. The number of unbranched alkanes of at least 4 members (excludes halogenated alkanes) is 13. The van der Waals surface area contributed by atoms with E-state index in [1.54, 1.807) is 19.1 Å². The first-order valence-corrected chi connectivity index (χ1v) is 17.6. The third-order valence-corrected chi connectivity index (χ3v) is 8.21. The molecule has 12 heteroatoms. The van der Waals surface area contributed by atoms with E-state index in [0.29, 0.717) is 18.5 Å². The molecule has 0 spiro atoms. The van der Waals surface area contributed by atoms with E-state index in [1.807, 2.05) is 0 Å². The van der Waals surface area contributed by atoms with E-state index in [2.05, 4.69) is 10.6 Å². The number of carboxylic acid groups (broad SMARTS) is 3. The van der Waals surface area contributed by atoms with Crippen molar-refractivity contribution in [3.8, 4) is 0 Å². The van der Waals surface area contributed by atoms with Gasteiger partial charge < -0.3 is 30.9 Å². The Hall–Kier alpha value is -3.96. The molecule has 5 N–H and O–H groups in total. The van der Waals surface area contributed by atoms with Crippen LogP contribution in [0.5, 0.6) is 0 Å². The fourth-order valence-electron chi connectivity index (χ4n) is 5.40. The van der Waals surface area contributed by atoms with Crippen LogP contribution in [0.2, 0.25) is 0 Å². The molecule has 0 heterocycles. The highest BCUT2D eigenvalue weighted by Gasteiger charge is 2.22. The van der Waals surface area contributed by atoms with Crippen LogP contribution in [-0.4, -0.2) is 75.0 Å². The van der Waals surface area contributed by atoms with Crippen molar-refractivity contribution in [2.45, 2.75) is 142 Å². The molecular weight excluding hydrogens is 618 g/mol. The number of aliphatic carboxylic acids is 3. The highest BCUT2D eigenvalue weighted by molar-refractivity contribution is 5.96. The van der Waals surface area contributed by atoms with Crippen LogP contribution in [0.25, 0.3) is 0 Å². The summed E-state index contributed by atoms with van der Waals surface area (Å²) in [5, 5.41) is 32.3. The first-order valence-electron chi connectivity index (χ1n) is 17.6. The van der Waals surface area contributed by atoms with Crippen LogP contribution in [0.3, 0.4) is 0 Å². The molecule has 12 nitrogen and oxygen atoms in total. The summed E-state index contributed by atoms with van der Waals surface area (Å²) in [7, 11) is 0. The van der Waals surface area contributed by atoms with Crippen LogP contribution >= 0.6 is 0 Å². The minimum absolute atomic E-state index is 0.0349. The molecule has 0 saturated heterocycles. The Morgan fingerprint density at radius 1 is 0.646 bits per heavy atom. The SMILES string of the molecule is CCNC(=O)CCC(NC(=O)c1ccc(CN(CCC(=O)O)C(=O)CCCCCCCCCCCCCCCCC(=O)O)cc1)C(=O)O. The van der Waals surface area contributed by atoms with Crippen molar-refractivity contribution in [3.05, 3.63) is 35.4 Å². The molecule has 48 heavy (non-hydrogen) atoms. The Balaban J connectivity index is 2.39. The predicted molar refractivity (Wildman–Crippen MR) is 182 cm³/mol. The molecule has 1 rings (SSSR count). The molecule has 1 unspecified atom stereocenters. The maximum absolute atomic E-state index is 13.0. The monoisotopic (exact) mass is 675 g/mol. The minimum Gasteiger partial charge on any atom is -0.481 e. The zero-order valence-electron chi connectivity index (χ0n) is 28.7. The number of hydrogen-bond donors (Lipinski definition) is 5. The third kappa shape index (κ3) is 21.0. The van der Waals surface area contributed by atoms with Gasteiger partial charge in [-0.2, -0.15) is 0 Å². The van der Waals surface area contributed by atoms with Crippen molar-refractivity contribution in [1.29, 1.82) is 0 Å². The molecule has 1 atom stereocenters. The van der Waals surface area contributed by atoms with Crippen LogP contribution in [0, 0.1) is 0 Å². The van der Waals surface area contributed by atoms with Crippen molar-refractivity contribution >= 4 is 35.6 Å². The van der Waals surface area contributed by atoms with Gasteiger partial charge in [-0.05, 0) is 43.9 Å². The molecule has 0 aliphatic carbocycles. The lowest BCUT2D eigenvalue weighted by Crippen LogP contribution is -2.41. The van der Waals surface area contributed by atoms with Gasteiger partial charge in [-0.25, -0.2) is 4.79 Å². The standard InChI is InChI=1S/C36H57N3O9/c1-2-37-31(40)24-23-30(36(47)48)38-35(46)29-21-19-28(20-22-29)27-39(26-25-34(44)45)32(41)17-15-13-11-9-7-5-3-4-6-8-10-12-14-16-18-33(42)43/h19-22,30H,2-18,23-27H2,1H3,(H,37,40)(H,38,46)(H,42,43)(H,44,45)(H,47,48). The number of nitrogens with one attached hydrogen (secondary N) is 2. The summed E-state index contributed by atoms with van der Waals surface area (Å²) in [6.07, 6.45) is 15.5. The molecule has 0 saturated carbocycles. The number of carbonyl (C=O) groups excluding carboxylic acids is 3. The lowest BCUT2D eigenvalue weighted by atomic mass is 10.0. The van der Waals surface area contributed by atoms with Gasteiger partial charge in [-0.15, -0.1) is 0 Å². The zero-order valence-corrected chi connectivity index (χ0v) is 28.7. The molecule has 0 radical (unpaired) electrons. The Labute approximate surface area is 285 Å². The average molecular weight is 676 g/mol. The number of nitrogens with zero attached hydrogens (tertiary/aromatic N) is 1. The van der Waals surface area contributed by atoms with E-state index < -0.39 is 29.9 Å². The molecule has 0 fully saturated rings. The van der Waals surface area contributed by atoms with E-state index in [-0.39, 0.29) is 56.2 Å². The lowest BCUT2D eigenvalue weighted by Gasteiger charge is -2.22. The molecule has 0 aliphatic heterocycles. The number of benzene rings is 1. The molecule has 0 bridgehead atoms. The fourth-order valence-corrected chi connectivity index (χ4v) is 5.40. The summed E-state index contributed by atoms with van der Waals surface area (Å²) in [5.41, 5.74) is 0.945. The van der Waals surface area contributed by atoms with Gasteiger partial charge in [-0.1, -0.05) is 89.2 Å². The van der Waals surface area contributed by atoms with Gasteiger partial charge in [0.1, 0.15) is 6.04 Å². The number of carboxylic acids is 3. The first-order chi connectivity index (χ1) is 23.0. The number of carbonyl (C=O) groups is 6. The first kappa shape index (κ1) is 42.1. The Kier molecular flexibility index (Phi) is 22.8. The van der Waals surface area contributed by atoms with Crippen molar-refractivity contribution in [2.24, 2.45) is 0 Å². The number of amides is 3. The zero-order chi connectivity index (χ0) is 35.6. The second kappa shape index (κ2) is 26.0. The summed E-state index contributed by atoms with van der Waals surface area (Å²) in [5.74, 6) is -3.95. The van der Waals surface area contributed by atoms with Crippen LogP contribution < -0.4 is 10.6 Å². The molecule has 0 aromatic heterocycles.